The summed E-state index contributed by atoms with van der Waals surface area (Å²) in [6.07, 6.45) is 1.68. The van der Waals surface area contributed by atoms with E-state index in [1.54, 1.807) is 25.3 Å². The van der Waals surface area contributed by atoms with E-state index in [0.29, 0.717) is 25.2 Å². The van der Waals surface area contributed by atoms with Crippen molar-refractivity contribution in [3.63, 3.8) is 0 Å². The molecule has 0 bridgehead atoms. The minimum absolute atomic E-state index is 0.200. The van der Waals surface area contributed by atoms with Crippen LogP contribution in [0, 0.1) is 0 Å². The number of methoxy groups -OCH3 is 3. The van der Waals surface area contributed by atoms with Crippen LogP contribution in [-0.4, -0.2) is 49.0 Å². The molecule has 0 N–H and O–H groups in total. The van der Waals surface area contributed by atoms with Crippen LogP contribution in [0.5, 0.6) is 11.5 Å². The lowest BCUT2D eigenvalue weighted by Gasteiger charge is -2.12. The SMILES string of the molecule is COC(=O)CN1C(=O)/C(=C/c2cc(Br)c(OC)c(OC)c2)SC1=S. The van der Waals surface area contributed by atoms with E-state index in [2.05, 4.69) is 20.7 Å². The summed E-state index contributed by atoms with van der Waals surface area (Å²) in [6, 6.07) is 3.55. The van der Waals surface area contributed by atoms with Crippen molar-refractivity contribution < 1.29 is 23.8 Å². The van der Waals surface area contributed by atoms with Gasteiger partial charge < -0.3 is 14.2 Å². The molecule has 0 saturated carbocycles. The molecule has 0 atom stereocenters. The van der Waals surface area contributed by atoms with Crippen molar-refractivity contribution in [1.82, 2.24) is 4.90 Å². The van der Waals surface area contributed by atoms with Crippen LogP contribution >= 0.6 is 39.9 Å². The standard InChI is InChI=1S/C15H14BrNO5S2/c1-20-10-5-8(4-9(16)13(10)22-3)6-11-14(19)17(15(23)24-11)7-12(18)21-2/h4-6H,7H2,1-3H3/b11-6-. The van der Waals surface area contributed by atoms with Crippen LogP contribution in [0.3, 0.4) is 0 Å². The van der Waals surface area contributed by atoms with E-state index in [9.17, 15) is 9.59 Å². The van der Waals surface area contributed by atoms with Gasteiger partial charge in [-0.2, -0.15) is 0 Å². The molecule has 1 aromatic rings. The molecule has 2 rings (SSSR count). The predicted molar refractivity (Wildman–Crippen MR) is 99.1 cm³/mol. The Hall–Kier alpha value is -1.58. The summed E-state index contributed by atoms with van der Waals surface area (Å²) >= 11 is 9.69. The monoisotopic (exact) mass is 431 g/mol. The Morgan fingerprint density at radius 1 is 1.33 bits per heavy atom. The zero-order valence-corrected chi connectivity index (χ0v) is 16.3. The molecule has 9 heteroatoms. The van der Waals surface area contributed by atoms with Gasteiger partial charge in [0.25, 0.3) is 5.91 Å². The molecule has 0 radical (unpaired) electrons. The molecule has 1 fully saturated rings. The van der Waals surface area contributed by atoms with Gasteiger partial charge in [0, 0.05) is 0 Å². The Labute approximate surface area is 157 Å². The molecule has 0 spiro atoms. The molecule has 24 heavy (non-hydrogen) atoms. The van der Waals surface area contributed by atoms with Gasteiger partial charge in [0.15, 0.2) is 11.5 Å². The first-order valence-corrected chi connectivity index (χ1v) is 8.66. The highest BCUT2D eigenvalue weighted by molar-refractivity contribution is 9.10. The highest BCUT2D eigenvalue weighted by Gasteiger charge is 2.33. The number of rotatable bonds is 5. The summed E-state index contributed by atoms with van der Waals surface area (Å²) in [4.78, 5) is 25.4. The first kappa shape index (κ1) is 18.8. The number of carbonyl (C=O) groups excluding carboxylic acids is 2. The first-order chi connectivity index (χ1) is 11.4. The maximum Gasteiger partial charge on any atom is 0.325 e. The Balaban J connectivity index is 2.32. The van der Waals surface area contributed by atoms with Crippen LogP contribution < -0.4 is 9.47 Å². The van der Waals surface area contributed by atoms with Gasteiger partial charge in [-0.15, -0.1) is 0 Å². The van der Waals surface area contributed by atoms with Crippen LogP contribution in [0.15, 0.2) is 21.5 Å². The minimum atomic E-state index is -0.526. The summed E-state index contributed by atoms with van der Waals surface area (Å²) in [5.74, 6) is 0.235. The maximum atomic E-state index is 12.4. The zero-order valence-electron chi connectivity index (χ0n) is 13.1. The molecule has 1 aliphatic heterocycles. The fraction of sp³-hybridized carbons (Fsp3) is 0.267. The van der Waals surface area contributed by atoms with Crippen molar-refractivity contribution in [3.8, 4) is 11.5 Å². The minimum Gasteiger partial charge on any atom is -0.493 e. The Kier molecular flexibility index (Phi) is 6.25. The molecule has 1 aromatic carbocycles. The average Bonchev–Trinajstić information content (AvgIpc) is 2.81. The van der Waals surface area contributed by atoms with E-state index >= 15 is 0 Å². The third-order valence-corrected chi connectivity index (χ3v) is 5.11. The smallest absolute Gasteiger partial charge is 0.325 e. The van der Waals surface area contributed by atoms with Gasteiger partial charge in [0.2, 0.25) is 0 Å². The van der Waals surface area contributed by atoms with Crippen molar-refractivity contribution in [3.05, 3.63) is 27.1 Å². The number of amides is 1. The summed E-state index contributed by atoms with van der Waals surface area (Å²) in [5, 5.41) is 0. The summed E-state index contributed by atoms with van der Waals surface area (Å²) in [7, 11) is 4.33. The lowest BCUT2D eigenvalue weighted by atomic mass is 10.2. The van der Waals surface area contributed by atoms with Crippen molar-refractivity contribution in [1.29, 1.82) is 0 Å². The number of thiocarbonyl (C=S) groups is 1. The van der Waals surface area contributed by atoms with Crippen molar-refractivity contribution in [2.45, 2.75) is 0 Å². The lowest BCUT2D eigenvalue weighted by molar-refractivity contribution is -0.143. The highest BCUT2D eigenvalue weighted by atomic mass is 79.9. The van der Waals surface area contributed by atoms with E-state index in [0.717, 1.165) is 17.3 Å². The number of halogens is 1. The van der Waals surface area contributed by atoms with Crippen molar-refractivity contribution in [2.75, 3.05) is 27.9 Å². The second-order valence-corrected chi connectivity index (χ2v) is 7.11. The van der Waals surface area contributed by atoms with Gasteiger partial charge in [0.1, 0.15) is 10.9 Å². The number of hydrogen-bond donors (Lipinski definition) is 0. The number of hydrogen-bond acceptors (Lipinski definition) is 7. The van der Waals surface area contributed by atoms with Gasteiger partial charge in [0.05, 0.1) is 30.7 Å². The van der Waals surface area contributed by atoms with E-state index in [1.807, 2.05) is 0 Å². The second kappa shape index (κ2) is 8.00. The van der Waals surface area contributed by atoms with Crippen molar-refractivity contribution >= 4 is 62.2 Å². The van der Waals surface area contributed by atoms with Crippen LogP contribution in [0.1, 0.15) is 5.56 Å². The summed E-state index contributed by atoms with van der Waals surface area (Å²) in [5.41, 5.74) is 0.734. The van der Waals surface area contributed by atoms with E-state index in [4.69, 9.17) is 21.7 Å². The van der Waals surface area contributed by atoms with Gasteiger partial charge in [-0.1, -0.05) is 24.0 Å². The fourth-order valence-electron chi connectivity index (χ4n) is 2.00. The molecule has 1 heterocycles. The zero-order chi connectivity index (χ0) is 17.9. The van der Waals surface area contributed by atoms with Gasteiger partial charge in [-0.05, 0) is 39.7 Å². The van der Waals surface area contributed by atoms with E-state index in [1.165, 1.54) is 19.1 Å². The van der Waals surface area contributed by atoms with Crippen LogP contribution in [0.4, 0.5) is 0 Å². The number of thioether (sulfide) groups is 1. The molecule has 1 saturated heterocycles. The number of ether oxygens (including phenoxy) is 3. The normalized spacial score (nSPS) is 15.8. The maximum absolute atomic E-state index is 12.4. The second-order valence-electron chi connectivity index (χ2n) is 4.58. The van der Waals surface area contributed by atoms with E-state index in [-0.39, 0.29) is 12.5 Å². The molecule has 1 aliphatic rings. The van der Waals surface area contributed by atoms with Gasteiger partial charge >= 0.3 is 5.97 Å². The Morgan fingerprint density at radius 3 is 2.62 bits per heavy atom. The van der Waals surface area contributed by atoms with Gasteiger partial charge in [-0.25, -0.2) is 0 Å². The summed E-state index contributed by atoms with van der Waals surface area (Å²) < 4.78 is 16.1. The van der Waals surface area contributed by atoms with Crippen molar-refractivity contribution in [2.24, 2.45) is 0 Å². The van der Waals surface area contributed by atoms with Gasteiger partial charge in [-0.3, -0.25) is 14.5 Å². The summed E-state index contributed by atoms with van der Waals surface area (Å²) in [6.45, 7) is -0.200. The largest absolute Gasteiger partial charge is 0.493 e. The Morgan fingerprint density at radius 2 is 2.04 bits per heavy atom. The quantitative estimate of drug-likeness (QED) is 0.403. The fourth-order valence-corrected chi connectivity index (χ4v) is 3.88. The molecule has 0 aliphatic carbocycles. The topological polar surface area (TPSA) is 65.1 Å². The Bertz CT molecular complexity index is 735. The van der Waals surface area contributed by atoms with Crippen LogP contribution in [-0.2, 0) is 14.3 Å². The highest BCUT2D eigenvalue weighted by Crippen LogP contribution is 2.38. The molecule has 0 aromatic heterocycles. The average molecular weight is 432 g/mol. The molecule has 6 nitrogen and oxygen atoms in total. The third kappa shape index (κ3) is 3.90. The predicted octanol–water partition coefficient (Wildman–Crippen LogP) is 2.84. The molecule has 128 valence electrons. The number of carbonyl (C=O) groups is 2. The number of benzene rings is 1. The third-order valence-electron chi connectivity index (χ3n) is 3.14. The molecular formula is C15H14BrNO5S2. The molecule has 0 unspecified atom stereocenters. The number of nitrogens with zero attached hydrogens (tertiary/aromatic N) is 1. The van der Waals surface area contributed by atoms with E-state index < -0.39 is 5.97 Å². The van der Waals surface area contributed by atoms with Crippen LogP contribution in [0.25, 0.3) is 6.08 Å². The number of esters is 1. The van der Waals surface area contributed by atoms with Crippen LogP contribution in [0.2, 0.25) is 0 Å². The molecular weight excluding hydrogens is 418 g/mol. The lowest BCUT2D eigenvalue weighted by Crippen LogP contribution is -2.33. The first-order valence-electron chi connectivity index (χ1n) is 6.65. The molecule has 1 amide bonds.